The van der Waals surface area contributed by atoms with Crippen molar-refractivity contribution in [3.8, 4) is 28.5 Å². The van der Waals surface area contributed by atoms with Crippen LogP contribution in [0.2, 0.25) is 0 Å². The van der Waals surface area contributed by atoms with Crippen LogP contribution in [-0.2, 0) is 0 Å². The van der Waals surface area contributed by atoms with Gasteiger partial charge in [0.25, 0.3) is 0 Å². The molecule has 0 saturated carbocycles. The molecule has 1 aromatic heterocycles. The first-order valence-corrected chi connectivity index (χ1v) is 7.85. The van der Waals surface area contributed by atoms with Crippen molar-refractivity contribution >= 4 is 5.82 Å². The summed E-state index contributed by atoms with van der Waals surface area (Å²) >= 11 is 0. The highest BCUT2D eigenvalue weighted by Crippen LogP contribution is 2.33. The molecule has 0 aliphatic rings. The van der Waals surface area contributed by atoms with Crippen molar-refractivity contribution in [2.24, 2.45) is 0 Å². The summed E-state index contributed by atoms with van der Waals surface area (Å²) in [5.41, 5.74) is 13.6. The third-order valence-electron chi connectivity index (χ3n) is 4.25. The van der Waals surface area contributed by atoms with Crippen molar-refractivity contribution in [3.05, 3.63) is 70.8 Å². The fourth-order valence-electron chi connectivity index (χ4n) is 3.01. The predicted octanol–water partition coefficient (Wildman–Crippen LogP) is 4.79. The van der Waals surface area contributed by atoms with E-state index < -0.39 is 0 Å². The van der Waals surface area contributed by atoms with Crippen molar-refractivity contribution in [1.29, 1.82) is 5.26 Å². The lowest BCUT2D eigenvalue weighted by molar-refractivity contribution is 1.28. The molecule has 0 saturated heterocycles. The van der Waals surface area contributed by atoms with Gasteiger partial charge in [-0.2, -0.15) is 5.26 Å². The number of hydrogen-bond donors (Lipinski definition) is 1. The van der Waals surface area contributed by atoms with Gasteiger partial charge in [-0.15, -0.1) is 0 Å². The van der Waals surface area contributed by atoms with Crippen LogP contribution in [0.5, 0.6) is 0 Å². The number of nitriles is 1. The number of anilines is 1. The minimum Gasteiger partial charge on any atom is -0.383 e. The number of aryl methyl sites for hydroxylation is 3. The molecule has 3 nitrogen and oxygen atoms in total. The second-order valence-corrected chi connectivity index (χ2v) is 6.06. The highest BCUT2D eigenvalue weighted by Gasteiger charge is 2.15. The molecule has 1 heterocycles. The fourth-order valence-corrected chi connectivity index (χ4v) is 3.01. The van der Waals surface area contributed by atoms with Gasteiger partial charge in [-0.25, -0.2) is 4.98 Å². The molecule has 118 valence electrons. The summed E-state index contributed by atoms with van der Waals surface area (Å²) in [5, 5.41) is 9.53. The Labute approximate surface area is 142 Å². The predicted molar refractivity (Wildman–Crippen MR) is 98.4 cm³/mol. The monoisotopic (exact) mass is 313 g/mol. The number of aromatic nitrogens is 1. The molecule has 0 aliphatic heterocycles. The Morgan fingerprint density at radius 3 is 2.29 bits per heavy atom. The van der Waals surface area contributed by atoms with E-state index in [-0.39, 0.29) is 5.82 Å². The normalized spacial score (nSPS) is 10.4. The van der Waals surface area contributed by atoms with Crippen LogP contribution in [0, 0.1) is 32.1 Å². The molecular formula is C21H19N3. The molecule has 0 bridgehead atoms. The Bertz CT molecular complexity index is 965. The lowest BCUT2D eigenvalue weighted by atomic mass is 9.94. The number of hydrogen-bond acceptors (Lipinski definition) is 3. The van der Waals surface area contributed by atoms with Gasteiger partial charge < -0.3 is 5.73 Å². The van der Waals surface area contributed by atoms with Gasteiger partial charge in [0.05, 0.1) is 5.69 Å². The smallest absolute Gasteiger partial charge is 0.142 e. The lowest BCUT2D eigenvalue weighted by Crippen LogP contribution is -2.01. The van der Waals surface area contributed by atoms with Crippen LogP contribution >= 0.6 is 0 Å². The number of benzene rings is 2. The highest BCUT2D eigenvalue weighted by atomic mass is 14.8. The largest absolute Gasteiger partial charge is 0.383 e. The molecule has 2 N–H and O–H groups in total. The average Bonchev–Trinajstić information content (AvgIpc) is 2.54. The summed E-state index contributed by atoms with van der Waals surface area (Å²) in [6, 6.07) is 18.4. The van der Waals surface area contributed by atoms with Crippen molar-refractivity contribution in [2.75, 3.05) is 5.73 Å². The quantitative estimate of drug-likeness (QED) is 0.739. The third kappa shape index (κ3) is 2.75. The van der Waals surface area contributed by atoms with Gasteiger partial charge in [-0.05, 0) is 43.5 Å². The van der Waals surface area contributed by atoms with E-state index in [0.29, 0.717) is 5.56 Å². The number of nitrogens with zero attached hydrogens (tertiary/aromatic N) is 2. The number of pyridine rings is 1. The van der Waals surface area contributed by atoms with Gasteiger partial charge in [0.15, 0.2) is 0 Å². The molecule has 3 rings (SSSR count). The molecule has 0 radical (unpaired) electrons. The minimum absolute atomic E-state index is 0.272. The lowest BCUT2D eigenvalue weighted by Gasteiger charge is -2.13. The maximum Gasteiger partial charge on any atom is 0.142 e. The molecule has 0 spiro atoms. The third-order valence-corrected chi connectivity index (χ3v) is 4.25. The van der Waals surface area contributed by atoms with Gasteiger partial charge in [0, 0.05) is 11.1 Å². The molecule has 3 aromatic rings. The Morgan fingerprint density at radius 2 is 1.62 bits per heavy atom. The zero-order chi connectivity index (χ0) is 17.3. The first-order chi connectivity index (χ1) is 11.5. The van der Waals surface area contributed by atoms with Crippen molar-refractivity contribution in [3.63, 3.8) is 0 Å². The minimum atomic E-state index is 0.272. The molecule has 24 heavy (non-hydrogen) atoms. The Hall–Kier alpha value is -3.12. The Kier molecular flexibility index (Phi) is 4.05. The van der Waals surface area contributed by atoms with E-state index in [0.717, 1.165) is 33.5 Å². The molecule has 0 aliphatic carbocycles. The van der Waals surface area contributed by atoms with E-state index in [1.807, 2.05) is 37.3 Å². The summed E-state index contributed by atoms with van der Waals surface area (Å²) in [4.78, 5) is 4.48. The van der Waals surface area contributed by atoms with E-state index in [1.54, 1.807) is 0 Å². The molecule has 3 heteroatoms. The molecule has 0 fully saturated rings. The first kappa shape index (κ1) is 15.8. The summed E-state index contributed by atoms with van der Waals surface area (Å²) in [6.45, 7) is 6.16. The van der Waals surface area contributed by atoms with E-state index in [9.17, 15) is 5.26 Å². The van der Waals surface area contributed by atoms with Crippen molar-refractivity contribution < 1.29 is 0 Å². The molecule has 0 amide bonds. The van der Waals surface area contributed by atoms with Gasteiger partial charge in [0.1, 0.15) is 17.5 Å². The number of nitrogens with two attached hydrogens (primary N) is 1. The highest BCUT2D eigenvalue weighted by molar-refractivity contribution is 5.82. The first-order valence-electron chi connectivity index (χ1n) is 7.85. The van der Waals surface area contributed by atoms with E-state index in [2.05, 4.69) is 43.1 Å². The SMILES string of the molecule is Cc1ccc(-c2cc(-c3ccccc3C)c(C#N)c(N)n2)c(C)c1. The van der Waals surface area contributed by atoms with E-state index in [4.69, 9.17) is 5.73 Å². The van der Waals surface area contributed by atoms with Crippen LogP contribution in [0.25, 0.3) is 22.4 Å². The summed E-state index contributed by atoms with van der Waals surface area (Å²) in [6.07, 6.45) is 0. The van der Waals surface area contributed by atoms with Crippen molar-refractivity contribution in [1.82, 2.24) is 4.98 Å². The summed E-state index contributed by atoms with van der Waals surface area (Å²) in [7, 11) is 0. The zero-order valence-corrected chi connectivity index (χ0v) is 14.1. The summed E-state index contributed by atoms with van der Waals surface area (Å²) in [5.74, 6) is 0.272. The number of nitrogen functional groups attached to an aromatic ring is 1. The maximum absolute atomic E-state index is 9.53. The Morgan fingerprint density at radius 1 is 0.875 bits per heavy atom. The second kappa shape index (κ2) is 6.17. The second-order valence-electron chi connectivity index (χ2n) is 6.06. The van der Waals surface area contributed by atoms with Gasteiger partial charge >= 0.3 is 0 Å². The standard InChI is InChI=1S/C21H19N3/c1-13-8-9-17(15(3)10-13)20-11-18(19(12-22)21(23)24-20)16-7-5-4-6-14(16)2/h4-11H,1-3H3,(H2,23,24). The van der Waals surface area contributed by atoms with Crippen LogP contribution < -0.4 is 5.73 Å². The molecule has 0 unspecified atom stereocenters. The van der Waals surface area contributed by atoms with Gasteiger partial charge in [0.2, 0.25) is 0 Å². The number of rotatable bonds is 2. The van der Waals surface area contributed by atoms with Crippen LogP contribution in [0.4, 0.5) is 5.82 Å². The fraction of sp³-hybridized carbons (Fsp3) is 0.143. The van der Waals surface area contributed by atoms with Gasteiger partial charge in [-0.1, -0.05) is 48.0 Å². The average molecular weight is 313 g/mol. The van der Waals surface area contributed by atoms with Gasteiger partial charge in [-0.3, -0.25) is 0 Å². The summed E-state index contributed by atoms with van der Waals surface area (Å²) < 4.78 is 0. The van der Waals surface area contributed by atoms with Crippen LogP contribution in [0.1, 0.15) is 22.3 Å². The molecule has 2 aromatic carbocycles. The van der Waals surface area contributed by atoms with E-state index in [1.165, 1.54) is 5.56 Å². The van der Waals surface area contributed by atoms with E-state index >= 15 is 0 Å². The molecular weight excluding hydrogens is 294 g/mol. The topological polar surface area (TPSA) is 62.7 Å². The molecule has 0 atom stereocenters. The van der Waals surface area contributed by atoms with Crippen molar-refractivity contribution in [2.45, 2.75) is 20.8 Å². The van der Waals surface area contributed by atoms with Crippen LogP contribution in [0.3, 0.4) is 0 Å². The maximum atomic E-state index is 9.53. The Balaban J connectivity index is 2.29. The van der Waals surface area contributed by atoms with Crippen LogP contribution in [-0.4, -0.2) is 4.98 Å². The zero-order valence-electron chi connectivity index (χ0n) is 14.1. The van der Waals surface area contributed by atoms with Crippen LogP contribution in [0.15, 0.2) is 48.5 Å².